The van der Waals surface area contributed by atoms with Crippen LogP contribution in [-0.4, -0.2) is 89.1 Å². The van der Waals surface area contributed by atoms with Crippen molar-refractivity contribution in [2.75, 3.05) is 62.7 Å². The summed E-state index contributed by atoms with van der Waals surface area (Å²) in [6.07, 6.45) is 1.79. The maximum absolute atomic E-state index is 13.5. The number of carbonyl (C=O) groups excluding carboxylic acids is 2. The summed E-state index contributed by atoms with van der Waals surface area (Å²) in [6.45, 7) is 2.58. The topological polar surface area (TPSA) is 102 Å². The molecule has 1 saturated heterocycles. The third-order valence-electron chi connectivity index (χ3n) is 5.90. The molecule has 1 heterocycles. The Bertz CT molecular complexity index is 1160. The molecule has 1 aliphatic rings. The van der Waals surface area contributed by atoms with Gasteiger partial charge in [0.05, 0.1) is 17.6 Å². The number of benzene rings is 2. The van der Waals surface area contributed by atoms with E-state index in [2.05, 4.69) is 14.9 Å². The van der Waals surface area contributed by atoms with Gasteiger partial charge in [-0.25, -0.2) is 8.42 Å². The molecular formula is C25H36ClN5O4S. The second-order valence-corrected chi connectivity index (χ2v) is 11.4. The lowest BCUT2D eigenvalue weighted by Gasteiger charge is -2.38. The summed E-state index contributed by atoms with van der Waals surface area (Å²) in [7, 11) is 0.370. The van der Waals surface area contributed by atoms with Gasteiger partial charge in [0.25, 0.3) is 0 Å². The average molecular weight is 538 g/mol. The molecule has 36 heavy (non-hydrogen) atoms. The third-order valence-corrected chi connectivity index (χ3v) is 6.75. The lowest BCUT2D eigenvalue weighted by atomic mass is 10.0. The summed E-state index contributed by atoms with van der Waals surface area (Å²) >= 11 is 6.01. The number of anilines is 2. The van der Waals surface area contributed by atoms with Crippen LogP contribution in [0, 0.1) is 0 Å². The molecule has 1 fully saturated rings. The third kappa shape index (κ3) is 8.39. The number of rotatable bonds is 10. The lowest BCUT2D eigenvalue weighted by Crippen LogP contribution is -2.55. The highest BCUT2D eigenvalue weighted by Crippen LogP contribution is 2.27. The molecular weight excluding hydrogens is 502 g/mol. The van der Waals surface area contributed by atoms with E-state index in [-0.39, 0.29) is 13.2 Å². The molecule has 1 aliphatic heterocycles. The molecule has 0 aromatic heterocycles. The highest BCUT2D eigenvalue weighted by Gasteiger charge is 2.29. The normalized spacial score (nSPS) is 15.0. The van der Waals surface area contributed by atoms with Gasteiger partial charge in [-0.2, -0.15) is 0 Å². The second kappa shape index (κ2) is 12.4. The van der Waals surface area contributed by atoms with Crippen LogP contribution >= 0.6 is 11.6 Å². The van der Waals surface area contributed by atoms with E-state index in [1.54, 1.807) is 29.2 Å². The fraction of sp³-hybridized carbons (Fsp3) is 0.440. The Hall–Kier alpha value is -2.82. The van der Waals surface area contributed by atoms with Crippen LogP contribution in [0.15, 0.2) is 48.5 Å². The van der Waals surface area contributed by atoms with Crippen molar-refractivity contribution >= 4 is 44.8 Å². The second-order valence-electron chi connectivity index (χ2n) is 9.21. The Kier molecular flexibility index (Phi) is 9.58. The Labute approximate surface area is 219 Å². The highest BCUT2D eigenvalue weighted by atomic mass is 35.5. The molecule has 0 spiro atoms. The maximum Gasteiger partial charge on any atom is 0.245 e. The predicted molar refractivity (Wildman–Crippen MR) is 146 cm³/mol. The van der Waals surface area contributed by atoms with Gasteiger partial charge in [-0.3, -0.25) is 14.3 Å². The lowest BCUT2D eigenvalue weighted by molar-refractivity contribution is -0.136. The predicted octanol–water partition coefficient (Wildman–Crippen LogP) is 2.29. The molecule has 0 aliphatic carbocycles. The van der Waals surface area contributed by atoms with Crippen molar-refractivity contribution in [3.8, 4) is 0 Å². The van der Waals surface area contributed by atoms with Gasteiger partial charge >= 0.3 is 0 Å². The first-order valence-electron chi connectivity index (χ1n) is 11.8. The largest absolute Gasteiger partial charge is 0.366 e. The van der Waals surface area contributed by atoms with E-state index >= 15 is 0 Å². The molecule has 2 N–H and O–H groups in total. The minimum Gasteiger partial charge on any atom is -0.366 e. The Morgan fingerprint density at radius 2 is 1.69 bits per heavy atom. The zero-order chi connectivity index (χ0) is 26.3. The number of nitrogens with one attached hydrogen (secondary N) is 2. The number of halogens is 1. The molecule has 2 amide bonds. The monoisotopic (exact) mass is 537 g/mol. The maximum atomic E-state index is 13.5. The number of amides is 2. The molecule has 198 valence electrons. The van der Waals surface area contributed by atoms with Crippen LogP contribution < -0.4 is 14.9 Å². The molecule has 0 unspecified atom stereocenters. The molecule has 9 nitrogen and oxygen atoms in total. The van der Waals surface area contributed by atoms with Crippen LogP contribution in [0.5, 0.6) is 0 Å². The van der Waals surface area contributed by atoms with Crippen molar-refractivity contribution in [2.24, 2.45) is 0 Å². The Morgan fingerprint density at radius 3 is 2.31 bits per heavy atom. The highest BCUT2D eigenvalue weighted by molar-refractivity contribution is 7.92. The van der Waals surface area contributed by atoms with E-state index in [1.807, 2.05) is 43.3 Å². The minimum atomic E-state index is -3.42. The quantitative estimate of drug-likeness (QED) is 0.482. The molecule has 0 radical (unpaired) electrons. The van der Waals surface area contributed by atoms with Crippen LogP contribution in [0.25, 0.3) is 0 Å². The summed E-state index contributed by atoms with van der Waals surface area (Å²) in [5, 5.41) is 3.54. The number of nitrogens with zero attached hydrogens (tertiary/aromatic N) is 3. The molecule has 1 atom stereocenters. The van der Waals surface area contributed by atoms with Gasteiger partial charge in [0, 0.05) is 52.0 Å². The Balaban J connectivity index is 0.00000481. The van der Waals surface area contributed by atoms with Gasteiger partial charge < -0.3 is 20.0 Å². The average Bonchev–Trinajstić information content (AvgIpc) is 2.83. The summed E-state index contributed by atoms with van der Waals surface area (Å²) in [5.41, 5.74) is 2.18. The minimum absolute atomic E-state index is 0. The van der Waals surface area contributed by atoms with Crippen molar-refractivity contribution < 1.29 is 19.4 Å². The fourth-order valence-corrected chi connectivity index (χ4v) is 4.77. The van der Waals surface area contributed by atoms with Crippen molar-refractivity contribution in [3.63, 3.8) is 0 Å². The first kappa shape index (κ1) is 27.8. The van der Waals surface area contributed by atoms with Crippen molar-refractivity contribution in [1.29, 1.82) is 0 Å². The summed E-state index contributed by atoms with van der Waals surface area (Å²) < 4.78 is 26.1. The first-order valence-corrected chi connectivity index (χ1v) is 14.1. The van der Waals surface area contributed by atoms with E-state index in [9.17, 15) is 18.0 Å². The number of para-hydroxylation sites is 2. The first-order chi connectivity index (χ1) is 17.0. The van der Waals surface area contributed by atoms with Gasteiger partial charge in [-0.15, -0.1) is 0 Å². The number of hydrogen-bond donors (Lipinski definition) is 2. The number of carbonyl (C=O) groups is 2. The number of sulfonamides is 1. The summed E-state index contributed by atoms with van der Waals surface area (Å²) in [5.74, 6) is -0.305. The summed E-state index contributed by atoms with van der Waals surface area (Å²) in [4.78, 5) is 31.8. The zero-order valence-electron chi connectivity index (χ0n) is 20.9. The molecule has 0 bridgehead atoms. The van der Waals surface area contributed by atoms with Gasteiger partial charge in [-0.05, 0) is 43.9 Å². The van der Waals surface area contributed by atoms with Crippen LogP contribution in [-0.2, 0) is 26.0 Å². The van der Waals surface area contributed by atoms with Gasteiger partial charge in [0.2, 0.25) is 21.8 Å². The van der Waals surface area contributed by atoms with E-state index in [0.29, 0.717) is 56.3 Å². The Morgan fingerprint density at radius 1 is 1.06 bits per heavy atom. The van der Waals surface area contributed by atoms with Crippen LogP contribution in [0.1, 0.15) is 13.4 Å². The van der Waals surface area contributed by atoms with Crippen LogP contribution in [0.3, 0.4) is 0 Å². The molecule has 11 heteroatoms. The number of hydrogen-bond acceptors (Lipinski definition) is 6. The molecule has 3 rings (SSSR count). The van der Waals surface area contributed by atoms with Crippen LogP contribution in [0.4, 0.5) is 11.4 Å². The number of piperazine rings is 1. The zero-order valence-corrected chi connectivity index (χ0v) is 22.5. The van der Waals surface area contributed by atoms with Crippen molar-refractivity contribution in [3.05, 3.63) is 59.1 Å². The summed E-state index contributed by atoms with van der Waals surface area (Å²) in [6, 6.07) is 13.8. The van der Waals surface area contributed by atoms with Gasteiger partial charge in [-0.1, -0.05) is 35.9 Å². The van der Waals surface area contributed by atoms with E-state index < -0.39 is 16.1 Å². The van der Waals surface area contributed by atoms with E-state index in [1.165, 1.54) is 0 Å². The van der Waals surface area contributed by atoms with E-state index in [4.69, 9.17) is 11.6 Å². The SMILES string of the molecule is CN(C)CCC(=O)N[C@H](Cc1ccc(Cl)cc1)C(=O)N1CCN(c2ccccc2NS(C)(=O)=O)CC1.[HH]. The van der Waals surface area contributed by atoms with Gasteiger partial charge in [0.1, 0.15) is 6.04 Å². The molecule has 2 aromatic rings. The molecule has 2 aromatic carbocycles. The van der Waals surface area contributed by atoms with Crippen LogP contribution in [0.2, 0.25) is 5.02 Å². The standard InChI is InChI=1S/C25H34ClN5O4S.H2/c1-29(2)13-12-24(32)27-22(18-19-8-10-20(26)11-9-19)25(33)31-16-14-30(15-17-31)23-7-5-4-6-21(23)28-36(3,34)35;/h4-11,22,28H,12-18H2,1-3H3,(H,27,32);1H/t22-;/m1./s1. The van der Waals surface area contributed by atoms with Crippen molar-refractivity contribution in [1.82, 2.24) is 15.1 Å². The fourth-order valence-electron chi connectivity index (χ4n) is 4.07. The van der Waals surface area contributed by atoms with Gasteiger partial charge in [0.15, 0.2) is 0 Å². The molecule has 0 saturated carbocycles. The van der Waals surface area contributed by atoms with Crippen molar-refractivity contribution in [2.45, 2.75) is 18.9 Å². The van der Waals surface area contributed by atoms with E-state index in [0.717, 1.165) is 17.5 Å². The smallest absolute Gasteiger partial charge is 0.245 e.